The van der Waals surface area contributed by atoms with E-state index < -0.39 is 0 Å². The average molecular weight is 364 g/mol. The fourth-order valence-electron chi connectivity index (χ4n) is 3.75. The number of anilines is 2. The van der Waals surface area contributed by atoms with Gasteiger partial charge in [0.2, 0.25) is 5.13 Å². The van der Waals surface area contributed by atoms with E-state index >= 15 is 0 Å². The normalized spacial score (nSPS) is 22.7. The summed E-state index contributed by atoms with van der Waals surface area (Å²) in [5.74, 6) is 1.90. The first-order chi connectivity index (χ1) is 12.2. The SMILES string of the molecule is CCc1ncnc(N2CC3CN(c4nc(COC)ns4)CC3C2)c1F. The third-order valence-electron chi connectivity index (χ3n) is 4.97. The number of nitrogens with zero attached hydrogens (tertiary/aromatic N) is 6. The molecule has 2 aromatic heterocycles. The van der Waals surface area contributed by atoms with E-state index in [1.807, 2.05) is 6.92 Å². The number of aromatic nitrogens is 4. The zero-order valence-electron chi connectivity index (χ0n) is 14.4. The fourth-order valence-corrected chi connectivity index (χ4v) is 4.44. The smallest absolute Gasteiger partial charge is 0.205 e. The molecule has 0 radical (unpaired) electrons. The van der Waals surface area contributed by atoms with Crippen LogP contribution in [0.15, 0.2) is 6.33 Å². The Bertz CT molecular complexity index is 742. The van der Waals surface area contributed by atoms with Crippen molar-refractivity contribution in [2.24, 2.45) is 11.8 Å². The predicted molar refractivity (Wildman–Crippen MR) is 93.4 cm³/mol. The largest absolute Gasteiger partial charge is 0.377 e. The molecule has 0 aliphatic carbocycles. The van der Waals surface area contributed by atoms with Crippen molar-refractivity contribution < 1.29 is 9.13 Å². The van der Waals surface area contributed by atoms with E-state index in [0.717, 1.165) is 37.1 Å². The van der Waals surface area contributed by atoms with Gasteiger partial charge in [0.05, 0.1) is 5.69 Å². The second-order valence-corrected chi connectivity index (χ2v) is 7.30. The topological polar surface area (TPSA) is 67.3 Å². The van der Waals surface area contributed by atoms with E-state index in [1.165, 1.54) is 17.9 Å². The Morgan fingerprint density at radius 2 is 1.92 bits per heavy atom. The number of ether oxygens (including phenoxy) is 1. The minimum absolute atomic E-state index is 0.268. The quantitative estimate of drug-likeness (QED) is 0.801. The third kappa shape index (κ3) is 3.06. The molecule has 2 saturated heterocycles. The molecule has 25 heavy (non-hydrogen) atoms. The van der Waals surface area contributed by atoms with Crippen molar-refractivity contribution >= 4 is 22.5 Å². The summed E-state index contributed by atoms with van der Waals surface area (Å²) in [5.41, 5.74) is 0.489. The van der Waals surface area contributed by atoms with Crippen LogP contribution in [0.2, 0.25) is 0 Å². The van der Waals surface area contributed by atoms with Crippen LogP contribution in [-0.2, 0) is 17.8 Å². The van der Waals surface area contributed by atoms with Gasteiger partial charge in [-0.3, -0.25) is 0 Å². The molecule has 0 bridgehead atoms. The summed E-state index contributed by atoms with van der Waals surface area (Å²) in [5, 5.41) is 0.953. The van der Waals surface area contributed by atoms with E-state index in [-0.39, 0.29) is 5.82 Å². The van der Waals surface area contributed by atoms with Gasteiger partial charge in [-0.1, -0.05) is 6.92 Å². The van der Waals surface area contributed by atoms with Crippen molar-refractivity contribution in [3.8, 4) is 0 Å². The van der Waals surface area contributed by atoms with Crippen LogP contribution in [0.1, 0.15) is 18.4 Å². The van der Waals surface area contributed by atoms with Gasteiger partial charge in [0.25, 0.3) is 0 Å². The molecular formula is C16H21FN6OS. The number of fused-ring (bicyclic) bond motifs is 1. The van der Waals surface area contributed by atoms with Crippen LogP contribution in [0.5, 0.6) is 0 Å². The van der Waals surface area contributed by atoms with Crippen LogP contribution < -0.4 is 9.80 Å². The van der Waals surface area contributed by atoms with E-state index in [0.29, 0.717) is 36.4 Å². The first kappa shape index (κ1) is 16.6. The standard InChI is InChI=1S/C16H21FN6OS/c1-3-12-14(17)15(19-9-18-12)22-4-10-6-23(7-11(10)5-22)16-20-13(8-24-2)21-25-16/h9-11H,3-8H2,1-2H3. The van der Waals surface area contributed by atoms with Gasteiger partial charge in [-0.05, 0) is 6.42 Å². The minimum Gasteiger partial charge on any atom is -0.377 e. The molecule has 134 valence electrons. The molecule has 0 spiro atoms. The molecule has 0 amide bonds. The van der Waals surface area contributed by atoms with Crippen molar-refractivity contribution in [2.75, 3.05) is 43.1 Å². The molecule has 0 aromatic carbocycles. The molecule has 7 nitrogen and oxygen atoms in total. The van der Waals surface area contributed by atoms with E-state index in [9.17, 15) is 4.39 Å². The van der Waals surface area contributed by atoms with Gasteiger partial charge in [0.1, 0.15) is 12.9 Å². The summed E-state index contributed by atoms with van der Waals surface area (Å²) >= 11 is 1.42. The van der Waals surface area contributed by atoms with E-state index in [1.54, 1.807) is 7.11 Å². The van der Waals surface area contributed by atoms with Gasteiger partial charge in [0.15, 0.2) is 17.5 Å². The molecule has 0 N–H and O–H groups in total. The summed E-state index contributed by atoms with van der Waals surface area (Å²) in [6.45, 7) is 5.85. The van der Waals surface area contributed by atoms with Crippen LogP contribution in [0, 0.1) is 17.7 Å². The van der Waals surface area contributed by atoms with Gasteiger partial charge in [0, 0.05) is 56.7 Å². The fraction of sp³-hybridized carbons (Fsp3) is 0.625. The highest BCUT2D eigenvalue weighted by Gasteiger charge is 2.42. The zero-order chi connectivity index (χ0) is 17.4. The van der Waals surface area contributed by atoms with Crippen molar-refractivity contribution in [1.29, 1.82) is 0 Å². The maximum Gasteiger partial charge on any atom is 0.205 e. The third-order valence-corrected chi connectivity index (χ3v) is 5.78. The maximum absolute atomic E-state index is 14.5. The van der Waals surface area contributed by atoms with Crippen LogP contribution in [0.4, 0.5) is 15.3 Å². The van der Waals surface area contributed by atoms with Gasteiger partial charge in [-0.25, -0.2) is 19.3 Å². The first-order valence-electron chi connectivity index (χ1n) is 8.50. The summed E-state index contributed by atoms with van der Waals surface area (Å²) in [4.78, 5) is 17.1. The Labute approximate surface area is 150 Å². The second-order valence-electron chi connectivity index (χ2n) is 6.57. The second kappa shape index (κ2) is 6.80. The minimum atomic E-state index is -0.268. The molecule has 2 aromatic rings. The Balaban J connectivity index is 1.44. The Hall–Kier alpha value is -1.87. The lowest BCUT2D eigenvalue weighted by atomic mass is 10.0. The lowest BCUT2D eigenvalue weighted by Gasteiger charge is -2.22. The Morgan fingerprint density at radius 1 is 1.20 bits per heavy atom. The predicted octanol–water partition coefficient (Wildman–Crippen LogP) is 1.75. The number of halogens is 1. The maximum atomic E-state index is 14.5. The molecule has 4 rings (SSSR count). The first-order valence-corrected chi connectivity index (χ1v) is 9.27. The number of hydrogen-bond donors (Lipinski definition) is 0. The molecule has 9 heteroatoms. The monoisotopic (exact) mass is 364 g/mol. The number of rotatable bonds is 5. The van der Waals surface area contributed by atoms with Crippen LogP contribution in [0.3, 0.4) is 0 Å². The van der Waals surface area contributed by atoms with Crippen molar-refractivity contribution in [1.82, 2.24) is 19.3 Å². The van der Waals surface area contributed by atoms with Crippen molar-refractivity contribution in [2.45, 2.75) is 20.0 Å². The number of methoxy groups -OCH3 is 1. The molecule has 0 saturated carbocycles. The van der Waals surface area contributed by atoms with Crippen LogP contribution in [0.25, 0.3) is 0 Å². The van der Waals surface area contributed by atoms with Crippen molar-refractivity contribution in [3.05, 3.63) is 23.7 Å². The molecule has 4 heterocycles. The summed E-state index contributed by atoms with van der Waals surface area (Å²) in [6, 6.07) is 0. The lowest BCUT2D eigenvalue weighted by Crippen LogP contribution is -2.30. The zero-order valence-corrected chi connectivity index (χ0v) is 15.2. The summed E-state index contributed by atoms with van der Waals surface area (Å²) < 4.78 is 23.9. The molecular weight excluding hydrogens is 343 g/mol. The van der Waals surface area contributed by atoms with Crippen LogP contribution >= 0.6 is 11.5 Å². The van der Waals surface area contributed by atoms with Crippen LogP contribution in [-0.4, -0.2) is 52.6 Å². The lowest BCUT2D eigenvalue weighted by molar-refractivity contribution is 0.179. The molecule has 2 aliphatic rings. The van der Waals surface area contributed by atoms with E-state index in [2.05, 4.69) is 29.1 Å². The number of hydrogen-bond acceptors (Lipinski definition) is 8. The van der Waals surface area contributed by atoms with Gasteiger partial charge in [-0.15, -0.1) is 0 Å². The van der Waals surface area contributed by atoms with Crippen molar-refractivity contribution in [3.63, 3.8) is 0 Å². The highest BCUT2D eigenvalue weighted by atomic mass is 32.1. The number of aryl methyl sites for hydroxylation is 1. The van der Waals surface area contributed by atoms with Gasteiger partial charge >= 0.3 is 0 Å². The molecule has 2 aliphatic heterocycles. The average Bonchev–Trinajstić information content (AvgIpc) is 3.29. The summed E-state index contributed by atoms with van der Waals surface area (Å²) in [7, 11) is 1.64. The van der Waals surface area contributed by atoms with E-state index in [4.69, 9.17) is 4.74 Å². The highest BCUT2D eigenvalue weighted by molar-refractivity contribution is 7.09. The van der Waals surface area contributed by atoms with Gasteiger partial charge < -0.3 is 14.5 Å². The Morgan fingerprint density at radius 3 is 2.60 bits per heavy atom. The summed E-state index contributed by atoms with van der Waals surface area (Å²) in [6.07, 6.45) is 2.05. The Kier molecular flexibility index (Phi) is 4.51. The molecule has 2 unspecified atom stereocenters. The molecule has 2 fully saturated rings. The van der Waals surface area contributed by atoms with Gasteiger partial charge in [-0.2, -0.15) is 4.37 Å². The molecule has 2 atom stereocenters. The highest BCUT2D eigenvalue weighted by Crippen LogP contribution is 2.36.